The van der Waals surface area contributed by atoms with E-state index in [9.17, 15) is 20.1 Å². The summed E-state index contributed by atoms with van der Waals surface area (Å²) in [5.74, 6) is 2.10. The molecule has 6 nitrogen and oxygen atoms in total. The highest BCUT2D eigenvalue weighted by atomic mass is 16.3. The zero-order valence-corrected chi connectivity index (χ0v) is 20.3. The largest absolute Gasteiger partial charge is 0.393 e. The Bertz CT molecular complexity index is 689. The summed E-state index contributed by atoms with van der Waals surface area (Å²) in [4.78, 5) is 12.1. The topological polar surface area (TPSA) is 116 Å². The van der Waals surface area contributed by atoms with Gasteiger partial charge in [0.05, 0.1) is 18.3 Å². The third-order valence-corrected chi connectivity index (χ3v) is 10.8. The quantitative estimate of drug-likeness (QED) is 0.426. The second kappa shape index (κ2) is 9.16. The highest BCUT2D eigenvalue weighted by Crippen LogP contribution is 2.68. The number of rotatable bonds is 6. The number of carbonyl (C=O) groups excluding carboxylic acids is 1. The Morgan fingerprint density at radius 2 is 1.69 bits per heavy atom. The zero-order chi connectivity index (χ0) is 23.3. The van der Waals surface area contributed by atoms with Crippen molar-refractivity contribution in [2.24, 2.45) is 52.1 Å². The summed E-state index contributed by atoms with van der Waals surface area (Å²) in [6.07, 6.45) is 6.57. The van der Waals surface area contributed by atoms with Crippen LogP contribution in [-0.4, -0.2) is 52.6 Å². The molecule has 0 aliphatic heterocycles. The number of aliphatic hydroxyl groups excluding tert-OH is 3. The van der Waals surface area contributed by atoms with Gasteiger partial charge in [-0.25, -0.2) is 0 Å². The van der Waals surface area contributed by atoms with Crippen LogP contribution in [0.15, 0.2) is 0 Å². The number of carbonyl (C=O) groups is 1. The minimum Gasteiger partial charge on any atom is -0.393 e. The fraction of sp³-hybridized carbons (Fsp3) is 0.962. The predicted molar refractivity (Wildman–Crippen MR) is 124 cm³/mol. The van der Waals surface area contributed by atoms with Crippen molar-refractivity contribution < 1.29 is 20.1 Å². The fourth-order valence-corrected chi connectivity index (χ4v) is 9.07. The molecule has 0 aromatic rings. The fourth-order valence-electron chi connectivity index (χ4n) is 9.07. The highest BCUT2D eigenvalue weighted by Gasteiger charge is 2.65. The molecule has 4 aliphatic carbocycles. The van der Waals surface area contributed by atoms with E-state index in [1.54, 1.807) is 0 Å². The van der Waals surface area contributed by atoms with Crippen LogP contribution in [0.25, 0.3) is 0 Å². The average Bonchev–Trinajstić information content (AvgIpc) is 3.12. The van der Waals surface area contributed by atoms with E-state index in [1.807, 2.05) is 0 Å². The molecule has 6 heteroatoms. The first-order valence-corrected chi connectivity index (χ1v) is 13.1. The van der Waals surface area contributed by atoms with Gasteiger partial charge < -0.3 is 26.4 Å². The van der Waals surface area contributed by atoms with Gasteiger partial charge in [-0.1, -0.05) is 20.8 Å². The first kappa shape index (κ1) is 24.4. The average molecular weight is 451 g/mol. The molecule has 0 spiro atoms. The van der Waals surface area contributed by atoms with Crippen molar-refractivity contribution in [3.63, 3.8) is 0 Å². The van der Waals surface area contributed by atoms with Crippen LogP contribution in [0.4, 0.5) is 0 Å². The van der Waals surface area contributed by atoms with E-state index >= 15 is 0 Å². The number of nitrogens with one attached hydrogen (secondary N) is 1. The number of hydrogen-bond donors (Lipinski definition) is 5. The van der Waals surface area contributed by atoms with Gasteiger partial charge in [0.1, 0.15) is 0 Å². The Labute approximate surface area is 193 Å². The van der Waals surface area contributed by atoms with Crippen LogP contribution < -0.4 is 11.1 Å². The molecular weight excluding hydrogens is 404 g/mol. The standard InChI is InChI=1S/C26H46N2O4/c1-15(4-7-21(30)28-13-12-27)17-5-6-18-22-19(9-11-25(17,18)2)26(3)10-8-16(29)14-20(26)23(31)24(22)32/h15-20,22-24,29,31-32H,4-14,27H2,1-3H3,(H,28,30)/t15?,16-,17?,18?,19?,20+,22?,23+,24-,25-,26-/m1/s1. The number of aliphatic hydroxyl groups is 3. The Balaban J connectivity index is 1.49. The molecule has 0 heterocycles. The molecule has 5 unspecified atom stereocenters. The summed E-state index contributed by atoms with van der Waals surface area (Å²) >= 11 is 0. The SMILES string of the molecule is CC(CCC(=O)NCCN)C1CCC2C3C(CC[C@]12C)[C@@]1(C)CC[C@@H](O)C[C@H]1[C@H](O)[C@@H]3O. The lowest BCUT2D eigenvalue weighted by molar-refractivity contribution is -0.223. The van der Waals surface area contributed by atoms with E-state index in [2.05, 4.69) is 26.1 Å². The van der Waals surface area contributed by atoms with E-state index in [1.165, 1.54) is 6.42 Å². The summed E-state index contributed by atoms with van der Waals surface area (Å²) in [5, 5.41) is 35.7. The minimum atomic E-state index is -0.735. The van der Waals surface area contributed by atoms with Crippen molar-refractivity contribution in [2.45, 2.75) is 96.9 Å². The van der Waals surface area contributed by atoms with E-state index in [0.717, 1.165) is 38.5 Å². The predicted octanol–water partition coefficient (Wildman–Crippen LogP) is 2.44. The lowest BCUT2D eigenvalue weighted by atomic mass is 9.43. The molecular formula is C26H46N2O4. The van der Waals surface area contributed by atoms with Gasteiger partial charge in [-0.15, -0.1) is 0 Å². The Morgan fingerprint density at radius 1 is 1.00 bits per heavy atom. The molecule has 6 N–H and O–H groups in total. The molecule has 4 rings (SSSR count). The van der Waals surface area contributed by atoms with Crippen molar-refractivity contribution in [1.82, 2.24) is 5.32 Å². The van der Waals surface area contributed by atoms with Crippen LogP contribution in [0.3, 0.4) is 0 Å². The lowest BCUT2D eigenvalue weighted by Gasteiger charge is -2.63. The molecule has 0 bridgehead atoms. The second-order valence-electron chi connectivity index (χ2n) is 12.2. The summed E-state index contributed by atoms with van der Waals surface area (Å²) in [5.41, 5.74) is 5.66. The van der Waals surface area contributed by atoms with Crippen LogP contribution in [0.2, 0.25) is 0 Å². The van der Waals surface area contributed by atoms with E-state index in [0.29, 0.717) is 49.6 Å². The van der Waals surface area contributed by atoms with E-state index in [4.69, 9.17) is 5.73 Å². The maximum Gasteiger partial charge on any atom is 0.220 e. The molecule has 4 aliphatic rings. The normalized spacial score (nSPS) is 49.0. The molecule has 32 heavy (non-hydrogen) atoms. The van der Waals surface area contributed by atoms with Crippen molar-refractivity contribution in [3.8, 4) is 0 Å². The molecule has 184 valence electrons. The molecule has 0 aromatic heterocycles. The van der Waals surface area contributed by atoms with Crippen LogP contribution in [0, 0.1) is 46.3 Å². The summed E-state index contributed by atoms with van der Waals surface area (Å²) < 4.78 is 0. The van der Waals surface area contributed by atoms with Crippen LogP contribution in [0.5, 0.6) is 0 Å². The first-order chi connectivity index (χ1) is 15.1. The second-order valence-corrected chi connectivity index (χ2v) is 12.2. The number of fused-ring (bicyclic) bond motifs is 5. The van der Waals surface area contributed by atoms with Gasteiger partial charge in [0, 0.05) is 19.5 Å². The highest BCUT2D eigenvalue weighted by molar-refractivity contribution is 5.75. The Morgan fingerprint density at radius 3 is 2.41 bits per heavy atom. The monoisotopic (exact) mass is 450 g/mol. The Kier molecular flexibility index (Phi) is 7.00. The first-order valence-electron chi connectivity index (χ1n) is 13.1. The van der Waals surface area contributed by atoms with Crippen molar-refractivity contribution in [2.75, 3.05) is 13.1 Å². The molecule has 0 saturated heterocycles. The molecule has 4 saturated carbocycles. The number of amides is 1. The molecule has 11 atom stereocenters. The third kappa shape index (κ3) is 3.93. The minimum absolute atomic E-state index is 0.00462. The molecule has 4 fully saturated rings. The van der Waals surface area contributed by atoms with Gasteiger partial charge in [-0.3, -0.25) is 4.79 Å². The van der Waals surface area contributed by atoms with E-state index in [-0.39, 0.29) is 34.7 Å². The molecule has 0 aromatic carbocycles. The van der Waals surface area contributed by atoms with Gasteiger partial charge in [0.25, 0.3) is 0 Å². The summed E-state index contributed by atoms with van der Waals surface area (Å²) in [6.45, 7) is 8.06. The van der Waals surface area contributed by atoms with Crippen molar-refractivity contribution in [3.05, 3.63) is 0 Å². The third-order valence-electron chi connectivity index (χ3n) is 10.8. The van der Waals surface area contributed by atoms with Crippen molar-refractivity contribution >= 4 is 5.91 Å². The van der Waals surface area contributed by atoms with Gasteiger partial charge in [0.15, 0.2) is 0 Å². The molecule has 1 amide bonds. The zero-order valence-electron chi connectivity index (χ0n) is 20.3. The Hall–Kier alpha value is -0.690. The summed E-state index contributed by atoms with van der Waals surface area (Å²) in [7, 11) is 0. The number of hydrogen-bond acceptors (Lipinski definition) is 5. The lowest BCUT2D eigenvalue weighted by Crippen LogP contribution is -2.64. The van der Waals surface area contributed by atoms with Crippen LogP contribution >= 0.6 is 0 Å². The van der Waals surface area contributed by atoms with Crippen LogP contribution in [0.1, 0.15) is 78.6 Å². The van der Waals surface area contributed by atoms with Gasteiger partial charge in [0.2, 0.25) is 5.91 Å². The van der Waals surface area contributed by atoms with Gasteiger partial charge in [-0.2, -0.15) is 0 Å². The molecule has 0 radical (unpaired) electrons. The van der Waals surface area contributed by atoms with E-state index < -0.39 is 12.2 Å². The number of nitrogens with two attached hydrogens (primary N) is 1. The van der Waals surface area contributed by atoms with Gasteiger partial charge >= 0.3 is 0 Å². The van der Waals surface area contributed by atoms with Gasteiger partial charge in [-0.05, 0) is 97.7 Å². The summed E-state index contributed by atoms with van der Waals surface area (Å²) in [6, 6.07) is 0. The maximum absolute atomic E-state index is 12.1. The maximum atomic E-state index is 12.1. The van der Waals surface area contributed by atoms with Crippen molar-refractivity contribution in [1.29, 1.82) is 0 Å². The smallest absolute Gasteiger partial charge is 0.220 e. The van der Waals surface area contributed by atoms with Crippen LogP contribution in [-0.2, 0) is 4.79 Å².